The highest BCUT2D eigenvalue weighted by Gasteiger charge is 2.31. The highest BCUT2D eigenvalue weighted by Crippen LogP contribution is 2.37. The number of alkyl halides is 3. The fraction of sp³-hybridized carbons (Fsp3) is 0.0345. The fourth-order valence-electron chi connectivity index (χ4n) is 4.41. The van der Waals surface area contributed by atoms with Gasteiger partial charge in [-0.1, -0.05) is 58.4 Å². The summed E-state index contributed by atoms with van der Waals surface area (Å²) in [5.74, 6) is 0.0844. The number of fused-ring (bicyclic) bond motifs is 1. The fourth-order valence-corrected chi connectivity index (χ4v) is 6.15. The molecule has 0 N–H and O–H groups in total. The molecule has 0 aliphatic rings. The van der Waals surface area contributed by atoms with Gasteiger partial charge in [0.25, 0.3) is 10.0 Å². The van der Waals surface area contributed by atoms with E-state index in [1.165, 1.54) is 24.3 Å². The van der Waals surface area contributed by atoms with Crippen molar-refractivity contribution in [1.29, 1.82) is 0 Å². The molecule has 0 unspecified atom stereocenters. The van der Waals surface area contributed by atoms with Crippen LogP contribution in [-0.2, 0) is 16.2 Å². The third-order valence-electron chi connectivity index (χ3n) is 6.33. The van der Waals surface area contributed by atoms with Gasteiger partial charge in [-0.25, -0.2) is 22.1 Å². The molecule has 6 aromatic rings. The van der Waals surface area contributed by atoms with Crippen molar-refractivity contribution in [2.24, 2.45) is 0 Å². The summed E-state index contributed by atoms with van der Waals surface area (Å²) in [5, 5.41) is 4.68. The predicted molar refractivity (Wildman–Crippen MR) is 149 cm³/mol. The van der Waals surface area contributed by atoms with Crippen molar-refractivity contribution in [3.8, 4) is 28.3 Å². The largest absolute Gasteiger partial charge is 0.416 e. The Bertz CT molecular complexity index is 1950. The van der Waals surface area contributed by atoms with Gasteiger partial charge in [0.15, 0.2) is 5.82 Å². The highest BCUT2D eigenvalue weighted by atomic mass is 79.9. The summed E-state index contributed by atoms with van der Waals surface area (Å²) < 4.78 is 71.4. The molecule has 0 radical (unpaired) electrons. The molecular weight excluding hydrogens is 605 g/mol. The van der Waals surface area contributed by atoms with Crippen molar-refractivity contribution in [3.05, 3.63) is 119 Å². The van der Waals surface area contributed by atoms with Crippen LogP contribution in [0.3, 0.4) is 0 Å². The molecule has 40 heavy (non-hydrogen) atoms. The molecule has 0 saturated heterocycles. The third-order valence-corrected chi connectivity index (χ3v) is 8.58. The molecule has 200 valence electrons. The quantitative estimate of drug-likeness (QED) is 0.199. The molecule has 0 amide bonds. The van der Waals surface area contributed by atoms with Gasteiger partial charge in [0.2, 0.25) is 0 Å². The lowest BCUT2D eigenvalue weighted by molar-refractivity contribution is -0.137. The Morgan fingerprint density at radius 2 is 1.43 bits per heavy atom. The van der Waals surface area contributed by atoms with Gasteiger partial charge in [-0.15, -0.1) is 0 Å². The maximum Gasteiger partial charge on any atom is 0.416 e. The van der Waals surface area contributed by atoms with Crippen LogP contribution in [0.1, 0.15) is 5.56 Å². The lowest BCUT2D eigenvalue weighted by atomic mass is 10.1. The van der Waals surface area contributed by atoms with Crippen molar-refractivity contribution in [3.63, 3.8) is 0 Å². The molecule has 6 rings (SSSR count). The summed E-state index contributed by atoms with van der Waals surface area (Å²) >= 11 is 3.33. The number of rotatable bonds is 5. The zero-order valence-corrected chi connectivity index (χ0v) is 22.8. The van der Waals surface area contributed by atoms with Crippen LogP contribution in [0.2, 0.25) is 0 Å². The zero-order valence-electron chi connectivity index (χ0n) is 20.4. The Labute approximate surface area is 235 Å². The van der Waals surface area contributed by atoms with Gasteiger partial charge in [-0.2, -0.15) is 18.3 Å². The van der Waals surface area contributed by atoms with Crippen LogP contribution in [0.15, 0.2) is 119 Å². The summed E-state index contributed by atoms with van der Waals surface area (Å²) in [6.45, 7) is 0. The molecule has 0 aliphatic heterocycles. The minimum atomic E-state index is -4.50. The van der Waals surface area contributed by atoms with Crippen molar-refractivity contribution >= 4 is 37.0 Å². The lowest BCUT2D eigenvalue weighted by Gasteiger charge is -2.11. The number of hydrogen-bond acceptors (Lipinski definition) is 4. The average molecular weight is 623 g/mol. The first kappa shape index (κ1) is 26.0. The number of halogens is 4. The normalized spacial score (nSPS) is 12.2. The molecule has 0 spiro atoms. The van der Waals surface area contributed by atoms with Crippen LogP contribution in [0.5, 0.6) is 0 Å². The van der Waals surface area contributed by atoms with E-state index < -0.39 is 21.8 Å². The van der Waals surface area contributed by atoms with E-state index in [2.05, 4.69) is 26.0 Å². The second kappa shape index (κ2) is 9.76. The van der Waals surface area contributed by atoms with E-state index in [1.807, 2.05) is 30.3 Å². The van der Waals surface area contributed by atoms with E-state index in [-0.39, 0.29) is 16.4 Å². The number of para-hydroxylation sites is 3. The van der Waals surface area contributed by atoms with E-state index in [0.717, 1.165) is 20.6 Å². The molecule has 0 fully saturated rings. The van der Waals surface area contributed by atoms with Crippen LogP contribution >= 0.6 is 15.9 Å². The highest BCUT2D eigenvalue weighted by molar-refractivity contribution is 9.10. The van der Waals surface area contributed by atoms with Crippen molar-refractivity contribution in [2.75, 3.05) is 0 Å². The Morgan fingerprint density at radius 3 is 2.10 bits per heavy atom. The van der Waals surface area contributed by atoms with Crippen LogP contribution in [0.25, 0.3) is 39.4 Å². The number of imidazole rings is 1. The molecule has 2 heterocycles. The second-order valence-corrected chi connectivity index (χ2v) is 11.6. The van der Waals surface area contributed by atoms with Gasteiger partial charge in [0.1, 0.15) is 5.69 Å². The molecule has 0 aliphatic carbocycles. The first-order valence-electron chi connectivity index (χ1n) is 11.9. The minimum absolute atomic E-state index is 0.0478. The lowest BCUT2D eigenvalue weighted by Crippen LogP contribution is -2.14. The Morgan fingerprint density at radius 1 is 0.775 bits per heavy atom. The summed E-state index contributed by atoms with van der Waals surface area (Å²) in [6.07, 6.45) is -2.87. The SMILES string of the molecule is O=S(=O)(c1ccc(Br)cc1)n1c(-c2cn(-c3ccccc3)nc2-c2ccc(C(F)(F)F)cc2)nc2ccccc21. The molecule has 6 nitrogen and oxygen atoms in total. The van der Waals surface area contributed by atoms with Crippen molar-refractivity contribution in [1.82, 2.24) is 18.7 Å². The zero-order chi connectivity index (χ0) is 28.1. The minimum Gasteiger partial charge on any atom is -0.240 e. The summed E-state index contributed by atoms with van der Waals surface area (Å²) in [6, 6.07) is 26.8. The summed E-state index contributed by atoms with van der Waals surface area (Å²) in [7, 11) is -4.15. The van der Waals surface area contributed by atoms with Crippen LogP contribution in [0, 0.1) is 0 Å². The molecule has 0 atom stereocenters. The second-order valence-electron chi connectivity index (χ2n) is 8.89. The van der Waals surface area contributed by atoms with Gasteiger partial charge in [-0.05, 0) is 60.7 Å². The molecule has 11 heteroatoms. The first-order valence-corrected chi connectivity index (χ1v) is 14.2. The third kappa shape index (κ3) is 4.61. The van der Waals surface area contributed by atoms with Crippen molar-refractivity contribution in [2.45, 2.75) is 11.1 Å². The van der Waals surface area contributed by atoms with E-state index in [9.17, 15) is 21.6 Å². The maximum atomic E-state index is 14.0. The van der Waals surface area contributed by atoms with E-state index in [4.69, 9.17) is 0 Å². The average Bonchev–Trinajstić information content (AvgIpc) is 3.56. The van der Waals surface area contributed by atoms with E-state index in [0.29, 0.717) is 27.8 Å². The smallest absolute Gasteiger partial charge is 0.240 e. The molecule has 4 aromatic carbocycles. The number of aromatic nitrogens is 4. The van der Waals surface area contributed by atoms with Gasteiger partial charge in [-0.3, -0.25) is 0 Å². The van der Waals surface area contributed by atoms with Crippen LogP contribution in [0.4, 0.5) is 13.2 Å². The molecular formula is C29H18BrF3N4O2S. The number of nitrogens with zero attached hydrogens (tertiary/aromatic N) is 4. The molecule has 0 saturated carbocycles. The van der Waals surface area contributed by atoms with E-state index in [1.54, 1.807) is 47.3 Å². The predicted octanol–water partition coefficient (Wildman–Crippen LogP) is 7.57. The van der Waals surface area contributed by atoms with Crippen LogP contribution in [-0.4, -0.2) is 27.2 Å². The monoisotopic (exact) mass is 622 g/mol. The Balaban J connectivity index is 1.63. The number of benzene rings is 4. The standard InChI is InChI=1S/C29H18BrF3N4O2S/c30-21-14-16-23(17-15-21)40(38,39)37-26-9-5-4-8-25(26)34-28(37)24-18-36(22-6-2-1-3-7-22)35-27(24)19-10-12-20(13-11-19)29(31,32)33/h1-18H. The first-order chi connectivity index (χ1) is 19.1. The van der Waals surface area contributed by atoms with Gasteiger partial charge in [0.05, 0.1) is 32.7 Å². The van der Waals surface area contributed by atoms with Gasteiger partial charge < -0.3 is 0 Å². The number of hydrogen-bond donors (Lipinski definition) is 0. The maximum absolute atomic E-state index is 14.0. The molecule has 0 bridgehead atoms. The summed E-state index contributed by atoms with van der Waals surface area (Å²) in [4.78, 5) is 4.73. The van der Waals surface area contributed by atoms with Crippen LogP contribution < -0.4 is 0 Å². The van der Waals surface area contributed by atoms with Crippen molar-refractivity contribution < 1.29 is 21.6 Å². The van der Waals surface area contributed by atoms with E-state index >= 15 is 0 Å². The Kier molecular flexibility index (Phi) is 6.35. The topological polar surface area (TPSA) is 69.8 Å². The molecule has 2 aromatic heterocycles. The summed E-state index contributed by atoms with van der Waals surface area (Å²) in [5.41, 5.74) is 1.65. The Hall–Kier alpha value is -4.22. The van der Waals surface area contributed by atoms with Gasteiger partial charge >= 0.3 is 6.18 Å². The van der Waals surface area contributed by atoms with Gasteiger partial charge in [0, 0.05) is 16.2 Å².